The van der Waals surface area contributed by atoms with Crippen LogP contribution < -0.4 is 5.32 Å². The molecule has 0 saturated carbocycles. The van der Waals surface area contributed by atoms with E-state index < -0.39 is 0 Å². The lowest BCUT2D eigenvalue weighted by Gasteiger charge is -2.15. The van der Waals surface area contributed by atoms with Crippen molar-refractivity contribution in [2.45, 2.75) is 29.9 Å². The van der Waals surface area contributed by atoms with Crippen LogP contribution in [0.3, 0.4) is 0 Å². The van der Waals surface area contributed by atoms with E-state index in [2.05, 4.69) is 15.3 Å². The fourth-order valence-electron chi connectivity index (χ4n) is 1.64. The van der Waals surface area contributed by atoms with Gasteiger partial charge in [-0.15, -0.1) is 0 Å². The normalized spacial score (nSPS) is 12.4. The van der Waals surface area contributed by atoms with Gasteiger partial charge in [-0.1, -0.05) is 0 Å². The van der Waals surface area contributed by atoms with Crippen molar-refractivity contribution >= 4 is 11.8 Å². The van der Waals surface area contributed by atoms with Gasteiger partial charge in [-0.2, -0.15) is 0 Å². The van der Waals surface area contributed by atoms with Gasteiger partial charge in [0.15, 0.2) is 5.16 Å². The van der Waals surface area contributed by atoms with E-state index in [1.807, 2.05) is 20.9 Å². The number of aromatic nitrogens is 2. The first-order valence-electron chi connectivity index (χ1n) is 6.03. The third-order valence-corrected chi connectivity index (χ3v) is 3.81. The van der Waals surface area contributed by atoms with Crippen molar-refractivity contribution in [3.63, 3.8) is 0 Å². The van der Waals surface area contributed by atoms with E-state index in [4.69, 9.17) is 0 Å². The van der Waals surface area contributed by atoms with Crippen molar-refractivity contribution in [1.29, 1.82) is 0 Å². The van der Waals surface area contributed by atoms with Gasteiger partial charge >= 0.3 is 0 Å². The summed E-state index contributed by atoms with van der Waals surface area (Å²) in [5.41, 5.74) is 1.93. The summed E-state index contributed by atoms with van der Waals surface area (Å²) in [6.07, 6.45) is 3.56. The Balaban J connectivity index is 2.31. The number of hydrogen-bond acceptors (Lipinski definition) is 4. The molecule has 0 aliphatic carbocycles. The highest BCUT2D eigenvalue weighted by molar-refractivity contribution is 7.99. The largest absolute Gasteiger partial charge is 0.313 e. The van der Waals surface area contributed by atoms with Crippen LogP contribution in [0.25, 0.3) is 0 Å². The molecule has 1 atom stereocenters. The Morgan fingerprint density at radius 3 is 2.58 bits per heavy atom. The molecule has 0 aliphatic heterocycles. The van der Waals surface area contributed by atoms with E-state index >= 15 is 0 Å². The number of aryl methyl sites for hydroxylation is 1. The van der Waals surface area contributed by atoms with Crippen LogP contribution in [0.1, 0.15) is 24.1 Å². The summed E-state index contributed by atoms with van der Waals surface area (Å²) >= 11 is 1.45. The van der Waals surface area contributed by atoms with Crippen LogP contribution in [0.15, 0.2) is 40.6 Å². The van der Waals surface area contributed by atoms with Crippen LogP contribution in [0.2, 0.25) is 0 Å². The van der Waals surface area contributed by atoms with Crippen molar-refractivity contribution < 1.29 is 4.39 Å². The number of nitrogens with zero attached hydrogens (tertiary/aromatic N) is 2. The highest BCUT2D eigenvalue weighted by Gasteiger charge is 2.12. The van der Waals surface area contributed by atoms with E-state index in [0.717, 1.165) is 16.0 Å². The maximum absolute atomic E-state index is 13.4. The molecule has 2 rings (SSSR count). The molecule has 0 radical (unpaired) electrons. The average molecular weight is 277 g/mol. The van der Waals surface area contributed by atoms with Crippen molar-refractivity contribution in [3.05, 3.63) is 47.5 Å². The molecule has 2 aromatic rings. The van der Waals surface area contributed by atoms with Gasteiger partial charge in [0.25, 0.3) is 0 Å². The summed E-state index contributed by atoms with van der Waals surface area (Å²) < 4.78 is 13.4. The monoisotopic (exact) mass is 277 g/mol. The topological polar surface area (TPSA) is 37.8 Å². The van der Waals surface area contributed by atoms with Crippen LogP contribution in [0, 0.1) is 12.7 Å². The quantitative estimate of drug-likeness (QED) is 0.870. The zero-order chi connectivity index (χ0) is 13.8. The van der Waals surface area contributed by atoms with Crippen molar-refractivity contribution in [1.82, 2.24) is 15.3 Å². The van der Waals surface area contributed by atoms with Crippen LogP contribution in [0.5, 0.6) is 0 Å². The summed E-state index contributed by atoms with van der Waals surface area (Å²) in [6.45, 7) is 3.94. The number of hydrogen-bond donors (Lipinski definition) is 1. The van der Waals surface area contributed by atoms with Gasteiger partial charge in [0.05, 0.1) is 0 Å². The van der Waals surface area contributed by atoms with E-state index in [1.165, 1.54) is 17.8 Å². The third kappa shape index (κ3) is 3.52. The minimum Gasteiger partial charge on any atom is -0.313 e. The maximum atomic E-state index is 13.4. The van der Waals surface area contributed by atoms with Gasteiger partial charge in [-0.05, 0) is 62.0 Å². The Morgan fingerprint density at radius 2 is 1.95 bits per heavy atom. The first-order valence-corrected chi connectivity index (χ1v) is 6.85. The molecule has 1 unspecified atom stereocenters. The minimum absolute atomic E-state index is 0.0728. The summed E-state index contributed by atoms with van der Waals surface area (Å²) in [5, 5.41) is 3.79. The molecule has 0 aliphatic rings. The van der Waals surface area contributed by atoms with Crippen LogP contribution >= 0.6 is 11.8 Å². The fraction of sp³-hybridized carbons (Fsp3) is 0.286. The first-order chi connectivity index (χ1) is 9.10. The Morgan fingerprint density at radius 1 is 1.26 bits per heavy atom. The molecule has 0 bridgehead atoms. The molecule has 1 aromatic carbocycles. The summed E-state index contributed by atoms with van der Waals surface area (Å²) in [5.74, 6) is -0.230. The molecule has 0 fully saturated rings. The van der Waals surface area contributed by atoms with Crippen molar-refractivity contribution in [2.24, 2.45) is 0 Å². The van der Waals surface area contributed by atoms with Gasteiger partial charge in [-0.25, -0.2) is 14.4 Å². The molecule has 100 valence electrons. The lowest BCUT2D eigenvalue weighted by Crippen LogP contribution is -2.13. The molecule has 0 amide bonds. The molecular formula is C14H16FN3S. The Labute approximate surface area is 116 Å². The third-order valence-electron chi connectivity index (χ3n) is 2.83. The van der Waals surface area contributed by atoms with E-state index in [1.54, 1.807) is 24.5 Å². The molecule has 1 N–H and O–H groups in total. The maximum Gasteiger partial charge on any atom is 0.192 e. The smallest absolute Gasteiger partial charge is 0.192 e. The minimum atomic E-state index is -0.230. The fourth-order valence-corrected chi connectivity index (χ4v) is 2.54. The highest BCUT2D eigenvalue weighted by Crippen LogP contribution is 2.31. The molecular weight excluding hydrogens is 261 g/mol. The molecule has 1 aromatic heterocycles. The lowest BCUT2D eigenvalue weighted by atomic mass is 10.1. The summed E-state index contributed by atoms with van der Waals surface area (Å²) in [4.78, 5) is 9.48. The predicted molar refractivity (Wildman–Crippen MR) is 74.8 cm³/mol. The van der Waals surface area contributed by atoms with E-state index in [0.29, 0.717) is 5.16 Å². The van der Waals surface area contributed by atoms with Crippen LogP contribution in [0.4, 0.5) is 4.39 Å². The van der Waals surface area contributed by atoms with Gasteiger partial charge in [-0.3, -0.25) is 0 Å². The van der Waals surface area contributed by atoms with Crippen LogP contribution in [-0.4, -0.2) is 17.0 Å². The molecule has 3 nitrogen and oxygen atoms in total. The standard InChI is InChI=1S/C14H16FN3S/c1-9-7-17-14(18-8-9)19-13-5-4-11(15)6-12(13)10(2)16-3/h4-8,10,16H,1-3H3. The highest BCUT2D eigenvalue weighted by atomic mass is 32.2. The average Bonchev–Trinajstić information content (AvgIpc) is 2.42. The summed E-state index contributed by atoms with van der Waals surface area (Å²) in [6, 6.07) is 4.86. The zero-order valence-corrected chi connectivity index (χ0v) is 12.0. The molecule has 19 heavy (non-hydrogen) atoms. The molecule has 0 saturated heterocycles. The Bertz CT molecular complexity index is 557. The van der Waals surface area contributed by atoms with Crippen molar-refractivity contribution in [2.75, 3.05) is 7.05 Å². The van der Waals surface area contributed by atoms with Gasteiger partial charge < -0.3 is 5.32 Å². The van der Waals surface area contributed by atoms with Gasteiger partial charge in [0.1, 0.15) is 5.82 Å². The zero-order valence-electron chi connectivity index (χ0n) is 11.1. The molecule has 1 heterocycles. The second kappa shape index (κ2) is 6.12. The van der Waals surface area contributed by atoms with Crippen LogP contribution in [-0.2, 0) is 0 Å². The first kappa shape index (κ1) is 14.0. The van der Waals surface area contributed by atoms with Gasteiger partial charge in [0.2, 0.25) is 0 Å². The number of rotatable bonds is 4. The lowest BCUT2D eigenvalue weighted by molar-refractivity contribution is 0.601. The van der Waals surface area contributed by atoms with Crippen molar-refractivity contribution in [3.8, 4) is 0 Å². The van der Waals surface area contributed by atoms with E-state index in [-0.39, 0.29) is 11.9 Å². The number of benzene rings is 1. The number of halogens is 1. The Kier molecular flexibility index (Phi) is 4.50. The molecule has 5 heteroatoms. The predicted octanol–water partition coefficient (Wildman–Crippen LogP) is 3.36. The molecule has 0 spiro atoms. The number of nitrogens with one attached hydrogen (secondary N) is 1. The van der Waals surface area contributed by atoms with Gasteiger partial charge in [0, 0.05) is 23.3 Å². The van der Waals surface area contributed by atoms with E-state index in [9.17, 15) is 4.39 Å². The summed E-state index contributed by atoms with van der Waals surface area (Å²) in [7, 11) is 1.85. The Hall–Kier alpha value is -1.46. The SMILES string of the molecule is CNC(C)c1cc(F)ccc1Sc1ncc(C)cn1. The second-order valence-corrected chi connectivity index (χ2v) is 5.35. The second-order valence-electron chi connectivity index (χ2n) is 4.34.